The Morgan fingerprint density at radius 3 is 2.65 bits per heavy atom. The van der Waals surface area contributed by atoms with Crippen molar-refractivity contribution >= 4 is 27.5 Å². The van der Waals surface area contributed by atoms with Gasteiger partial charge in [0.15, 0.2) is 0 Å². The summed E-state index contributed by atoms with van der Waals surface area (Å²) in [6, 6.07) is 3.04. The molecule has 0 spiro atoms. The quantitative estimate of drug-likeness (QED) is 0.858. The summed E-state index contributed by atoms with van der Waals surface area (Å²) < 4.78 is 44.0. The topological polar surface area (TPSA) is 64.3 Å². The van der Waals surface area contributed by atoms with Crippen LogP contribution in [0.5, 0.6) is 0 Å². The zero-order valence-corrected chi connectivity index (χ0v) is 11.8. The van der Waals surface area contributed by atoms with E-state index in [4.69, 9.17) is 10.5 Å². The molecule has 3 N–H and O–H groups in total. The predicted molar refractivity (Wildman–Crippen MR) is 70.1 cm³/mol. The third kappa shape index (κ3) is 3.31. The third-order valence-electron chi connectivity index (χ3n) is 3.01. The number of halogens is 4. The van der Waals surface area contributed by atoms with Gasteiger partial charge in [-0.25, -0.2) is 0 Å². The van der Waals surface area contributed by atoms with E-state index in [1.54, 1.807) is 0 Å². The van der Waals surface area contributed by atoms with Gasteiger partial charge in [0.2, 0.25) is 5.91 Å². The zero-order valence-electron chi connectivity index (χ0n) is 10.2. The van der Waals surface area contributed by atoms with Gasteiger partial charge in [0.1, 0.15) is 0 Å². The number of anilines is 1. The van der Waals surface area contributed by atoms with Gasteiger partial charge in [-0.3, -0.25) is 4.79 Å². The molecule has 1 fully saturated rings. The van der Waals surface area contributed by atoms with Gasteiger partial charge in [-0.2, -0.15) is 13.2 Å². The second kappa shape index (κ2) is 5.71. The first-order valence-corrected chi connectivity index (χ1v) is 6.59. The standard InChI is InChI=1S/C12H12BrF3N2O2/c13-6-1-2-10(8(3-6)12(14,15)16)18-11(19)7-4-20-5-9(7)17/h1-3,7,9H,4-5,17H2,(H,18,19). The number of nitrogens with one attached hydrogen (secondary N) is 1. The Labute approximate surface area is 121 Å². The van der Waals surface area contributed by atoms with Gasteiger partial charge < -0.3 is 15.8 Å². The van der Waals surface area contributed by atoms with E-state index >= 15 is 0 Å². The molecular weight excluding hydrogens is 341 g/mol. The fourth-order valence-corrected chi connectivity index (χ4v) is 2.29. The molecule has 1 aromatic carbocycles. The first-order valence-electron chi connectivity index (χ1n) is 5.80. The summed E-state index contributed by atoms with van der Waals surface area (Å²) in [7, 11) is 0. The number of rotatable bonds is 2. The highest BCUT2D eigenvalue weighted by molar-refractivity contribution is 9.10. The molecule has 2 atom stereocenters. The van der Waals surface area contributed by atoms with E-state index in [-0.39, 0.29) is 23.4 Å². The normalized spacial score (nSPS) is 22.9. The van der Waals surface area contributed by atoms with Crippen molar-refractivity contribution in [2.24, 2.45) is 11.7 Å². The number of hydrogen-bond donors (Lipinski definition) is 2. The molecule has 0 aromatic heterocycles. The van der Waals surface area contributed by atoms with Crippen molar-refractivity contribution in [1.29, 1.82) is 0 Å². The summed E-state index contributed by atoms with van der Waals surface area (Å²) in [6.07, 6.45) is -4.55. The number of nitrogens with two attached hydrogens (primary N) is 1. The van der Waals surface area contributed by atoms with Crippen molar-refractivity contribution in [3.05, 3.63) is 28.2 Å². The molecule has 2 rings (SSSR count). The predicted octanol–water partition coefficient (Wildman–Crippen LogP) is 2.38. The van der Waals surface area contributed by atoms with E-state index in [2.05, 4.69) is 21.2 Å². The van der Waals surface area contributed by atoms with Crippen LogP contribution in [0, 0.1) is 5.92 Å². The Morgan fingerprint density at radius 2 is 2.10 bits per heavy atom. The van der Waals surface area contributed by atoms with E-state index < -0.39 is 29.6 Å². The average molecular weight is 353 g/mol. The van der Waals surface area contributed by atoms with E-state index in [9.17, 15) is 18.0 Å². The highest BCUT2D eigenvalue weighted by atomic mass is 79.9. The molecule has 110 valence electrons. The molecule has 0 saturated carbocycles. The SMILES string of the molecule is NC1COCC1C(=O)Nc1ccc(Br)cc1C(F)(F)F. The van der Waals surface area contributed by atoms with Crippen LogP contribution in [-0.4, -0.2) is 25.2 Å². The lowest BCUT2D eigenvalue weighted by atomic mass is 10.0. The van der Waals surface area contributed by atoms with Gasteiger partial charge in [-0.05, 0) is 18.2 Å². The minimum atomic E-state index is -4.55. The van der Waals surface area contributed by atoms with Crippen molar-refractivity contribution in [2.75, 3.05) is 18.5 Å². The van der Waals surface area contributed by atoms with E-state index in [0.29, 0.717) is 0 Å². The lowest BCUT2D eigenvalue weighted by Gasteiger charge is -2.17. The maximum absolute atomic E-state index is 12.9. The van der Waals surface area contributed by atoms with E-state index in [0.717, 1.165) is 6.07 Å². The van der Waals surface area contributed by atoms with Crippen molar-refractivity contribution in [2.45, 2.75) is 12.2 Å². The highest BCUT2D eigenvalue weighted by Gasteiger charge is 2.36. The molecule has 1 heterocycles. The molecular formula is C12H12BrF3N2O2. The van der Waals surface area contributed by atoms with Crippen molar-refractivity contribution in [1.82, 2.24) is 0 Å². The van der Waals surface area contributed by atoms with Crippen LogP contribution in [-0.2, 0) is 15.7 Å². The summed E-state index contributed by atoms with van der Waals surface area (Å²) >= 11 is 2.98. The fraction of sp³-hybridized carbons (Fsp3) is 0.417. The molecule has 0 radical (unpaired) electrons. The summed E-state index contributed by atoms with van der Waals surface area (Å²) in [4.78, 5) is 11.9. The Bertz CT molecular complexity index is 522. The second-order valence-corrected chi connectivity index (χ2v) is 5.40. The van der Waals surface area contributed by atoms with Gasteiger partial charge in [0.05, 0.1) is 30.4 Å². The molecule has 1 amide bonds. The lowest BCUT2D eigenvalue weighted by Crippen LogP contribution is -2.37. The van der Waals surface area contributed by atoms with Crippen LogP contribution in [0.15, 0.2) is 22.7 Å². The Kier molecular flexibility index (Phi) is 4.36. The number of carbonyl (C=O) groups is 1. The van der Waals surface area contributed by atoms with Crippen LogP contribution in [0.2, 0.25) is 0 Å². The molecule has 2 unspecified atom stereocenters. The number of ether oxygens (including phenoxy) is 1. The van der Waals surface area contributed by atoms with Crippen molar-refractivity contribution in [3.8, 4) is 0 Å². The summed E-state index contributed by atoms with van der Waals surface area (Å²) in [6.45, 7) is 0.343. The number of amides is 1. The molecule has 1 aliphatic rings. The van der Waals surface area contributed by atoms with Crippen LogP contribution in [0.3, 0.4) is 0 Å². The summed E-state index contributed by atoms with van der Waals surface area (Å²) in [5.41, 5.74) is 4.47. The number of alkyl halides is 3. The Morgan fingerprint density at radius 1 is 1.40 bits per heavy atom. The van der Waals surface area contributed by atoms with Crippen LogP contribution in [0.25, 0.3) is 0 Å². The van der Waals surface area contributed by atoms with Crippen LogP contribution >= 0.6 is 15.9 Å². The van der Waals surface area contributed by atoms with Gasteiger partial charge in [-0.15, -0.1) is 0 Å². The molecule has 8 heteroatoms. The van der Waals surface area contributed by atoms with Crippen LogP contribution in [0.4, 0.5) is 18.9 Å². The fourth-order valence-electron chi connectivity index (χ4n) is 1.93. The largest absolute Gasteiger partial charge is 0.418 e. The molecule has 1 aliphatic heterocycles. The van der Waals surface area contributed by atoms with Crippen molar-refractivity contribution in [3.63, 3.8) is 0 Å². The zero-order chi connectivity index (χ0) is 14.9. The second-order valence-electron chi connectivity index (χ2n) is 4.48. The monoisotopic (exact) mass is 352 g/mol. The maximum atomic E-state index is 12.9. The minimum Gasteiger partial charge on any atom is -0.379 e. The molecule has 0 aliphatic carbocycles. The van der Waals surface area contributed by atoms with E-state index in [1.807, 2.05) is 0 Å². The number of benzene rings is 1. The first kappa shape index (κ1) is 15.3. The average Bonchev–Trinajstić information content (AvgIpc) is 2.76. The molecule has 0 bridgehead atoms. The lowest BCUT2D eigenvalue weighted by molar-refractivity contribution is -0.137. The maximum Gasteiger partial charge on any atom is 0.418 e. The van der Waals surface area contributed by atoms with Crippen LogP contribution in [0.1, 0.15) is 5.56 Å². The smallest absolute Gasteiger partial charge is 0.379 e. The third-order valence-corrected chi connectivity index (χ3v) is 3.50. The minimum absolute atomic E-state index is 0.116. The van der Waals surface area contributed by atoms with Gasteiger partial charge in [0.25, 0.3) is 0 Å². The van der Waals surface area contributed by atoms with Crippen molar-refractivity contribution < 1.29 is 22.7 Å². The molecule has 20 heavy (non-hydrogen) atoms. The summed E-state index contributed by atoms with van der Waals surface area (Å²) in [5, 5.41) is 2.28. The number of carbonyl (C=O) groups excluding carboxylic acids is 1. The van der Waals surface area contributed by atoms with Gasteiger partial charge in [-0.1, -0.05) is 15.9 Å². The van der Waals surface area contributed by atoms with Gasteiger partial charge >= 0.3 is 6.18 Å². The Balaban J connectivity index is 2.23. The highest BCUT2D eigenvalue weighted by Crippen LogP contribution is 2.36. The summed E-state index contributed by atoms with van der Waals surface area (Å²) in [5.74, 6) is -1.21. The molecule has 1 saturated heterocycles. The van der Waals surface area contributed by atoms with E-state index in [1.165, 1.54) is 12.1 Å². The number of hydrogen-bond acceptors (Lipinski definition) is 3. The first-order chi connectivity index (χ1) is 9.29. The van der Waals surface area contributed by atoms with Gasteiger partial charge in [0, 0.05) is 10.5 Å². The Hall–Kier alpha value is -1.12. The van der Waals surface area contributed by atoms with Crippen LogP contribution < -0.4 is 11.1 Å². The molecule has 1 aromatic rings. The molecule has 4 nitrogen and oxygen atoms in total.